The van der Waals surface area contributed by atoms with Crippen LogP contribution in [-0.4, -0.2) is 25.0 Å². The predicted molar refractivity (Wildman–Crippen MR) is 83.9 cm³/mol. The number of nitrogens with two attached hydrogens (primary N) is 1. The third-order valence-corrected chi connectivity index (χ3v) is 2.67. The van der Waals surface area contributed by atoms with Crippen LogP contribution in [0.5, 0.6) is 11.5 Å². The summed E-state index contributed by atoms with van der Waals surface area (Å²) in [5.74, 6) is 1.20. The van der Waals surface area contributed by atoms with Gasteiger partial charge in [-0.05, 0) is 45.8 Å². The number of hydrazone groups is 1. The maximum atomic E-state index is 5.51. The number of halogens is 1. The van der Waals surface area contributed by atoms with E-state index < -0.39 is 0 Å². The molecule has 0 aliphatic rings. The molecule has 1 aromatic carbocycles. The fraction of sp³-hybridized carbons (Fsp3) is 0.167. The molecule has 1 aromatic rings. The number of methoxy groups -OCH3 is 1. The first-order valence-corrected chi connectivity index (χ1v) is 6.48. The molecule has 0 fully saturated rings. The van der Waals surface area contributed by atoms with Gasteiger partial charge < -0.3 is 15.2 Å². The summed E-state index contributed by atoms with van der Waals surface area (Å²) in [6, 6.07) is 3.62. The molecule has 0 amide bonds. The van der Waals surface area contributed by atoms with Gasteiger partial charge in [-0.15, -0.1) is 0 Å². The van der Waals surface area contributed by atoms with Gasteiger partial charge in [0.2, 0.25) is 0 Å². The van der Waals surface area contributed by atoms with Gasteiger partial charge >= 0.3 is 0 Å². The van der Waals surface area contributed by atoms with Crippen LogP contribution in [0.1, 0.15) is 5.56 Å². The molecule has 0 saturated carbocycles. The van der Waals surface area contributed by atoms with Crippen molar-refractivity contribution in [3.63, 3.8) is 0 Å². The SMILES string of the molecule is C=CCOc1c(Br)cc(C=NNC(N)=S)cc1OC. The molecule has 0 atom stereocenters. The second-order valence-electron chi connectivity index (χ2n) is 3.37. The van der Waals surface area contributed by atoms with Crippen LogP contribution < -0.4 is 20.6 Å². The second kappa shape index (κ2) is 7.75. The summed E-state index contributed by atoms with van der Waals surface area (Å²) in [5, 5.41) is 3.98. The van der Waals surface area contributed by atoms with Crippen LogP contribution in [0.25, 0.3) is 0 Å². The first-order valence-electron chi connectivity index (χ1n) is 5.28. The largest absolute Gasteiger partial charge is 0.493 e. The maximum Gasteiger partial charge on any atom is 0.184 e. The molecule has 1 rings (SSSR count). The van der Waals surface area contributed by atoms with Crippen LogP contribution in [0.15, 0.2) is 34.4 Å². The number of nitrogens with one attached hydrogen (secondary N) is 1. The van der Waals surface area contributed by atoms with E-state index in [4.69, 9.17) is 15.2 Å². The van der Waals surface area contributed by atoms with Gasteiger partial charge in [0.1, 0.15) is 6.61 Å². The van der Waals surface area contributed by atoms with Crippen LogP contribution in [0.3, 0.4) is 0 Å². The number of benzene rings is 1. The molecule has 19 heavy (non-hydrogen) atoms. The van der Waals surface area contributed by atoms with Crippen molar-refractivity contribution in [3.05, 3.63) is 34.8 Å². The summed E-state index contributed by atoms with van der Waals surface area (Å²) in [6.45, 7) is 4.00. The Morgan fingerprint density at radius 2 is 2.37 bits per heavy atom. The fourth-order valence-electron chi connectivity index (χ4n) is 1.27. The molecule has 0 radical (unpaired) electrons. The van der Waals surface area contributed by atoms with E-state index in [9.17, 15) is 0 Å². The molecule has 3 N–H and O–H groups in total. The molecule has 0 aliphatic heterocycles. The van der Waals surface area contributed by atoms with E-state index in [0.717, 1.165) is 10.0 Å². The molecule has 102 valence electrons. The van der Waals surface area contributed by atoms with E-state index in [0.29, 0.717) is 18.1 Å². The number of thiocarbonyl (C=S) groups is 1. The average Bonchev–Trinajstić information content (AvgIpc) is 2.36. The first kappa shape index (κ1) is 15.5. The topological polar surface area (TPSA) is 68.9 Å². The Balaban J connectivity index is 2.98. The quantitative estimate of drug-likeness (QED) is 0.358. The normalized spacial score (nSPS) is 10.2. The standard InChI is InChI=1S/C12H14BrN3O2S/c1-3-4-18-11-9(13)5-8(6-10(11)17-2)7-15-16-12(14)19/h3,5-7H,1,4H2,2H3,(H3,14,16,19). The number of ether oxygens (including phenoxy) is 2. The smallest absolute Gasteiger partial charge is 0.184 e. The van der Waals surface area contributed by atoms with Crippen molar-refractivity contribution in [1.82, 2.24) is 5.43 Å². The maximum absolute atomic E-state index is 5.51. The fourth-order valence-corrected chi connectivity index (χ4v) is 1.89. The van der Waals surface area contributed by atoms with Gasteiger partial charge in [0.05, 0.1) is 17.8 Å². The summed E-state index contributed by atoms with van der Waals surface area (Å²) < 4.78 is 11.5. The lowest BCUT2D eigenvalue weighted by atomic mass is 10.2. The lowest BCUT2D eigenvalue weighted by molar-refractivity contribution is 0.324. The summed E-state index contributed by atoms with van der Waals surface area (Å²) >= 11 is 8.06. The summed E-state index contributed by atoms with van der Waals surface area (Å²) in [5.41, 5.74) is 8.55. The molecular formula is C12H14BrN3O2S. The Morgan fingerprint density at radius 1 is 1.63 bits per heavy atom. The van der Waals surface area contributed by atoms with Crippen molar-refractivity contribution >= 4 is 39.5 Å². The predicted octanol–water partition coefficient (Wildman–Crippen LogP) is 2.19. The molecule has 0 bridgehead atoms. The summed E-state index contributed by atoms with van der Waals surface area (Å²) in [4.78, 5) is 0. The van der Waals surface area contributed by atoms with Gasteiger partial charge in [-0.2, -0.15) is 5.10 Å². The van der Waals surface area contributed by atoms with Crippen LogP contribution in [0, 0.1) is 0 Å². The Bertz CT molecular complexity index is 506. The van der Waals surface area contributed by atoms with E-state index in [2.05, 4.69) is 45.3 Å². The molecule has 5 nitrogen and oxygen atoms in total. The van der Waals surface area contributed by atoms with Crippen molar-refractivity contribution in [2.24, 2.45) is 10.8 Å². The zero-order valence-electron chi connectivity index (χ0n) is 10.4. The van der Waals surface area contributed by atoms with E-state index in [-0.39, 0.29) is 5.11 Å². The zero-order valence-corrected chi connectivity index (χ0v) is 12.8. The molecule has 7 heteroatoms. The van der Waals surface area contributed by atoms with Crippen molar-refractivity contribution in [1.29, 1.82) is 0 Å². The monoisotopic (exact) mass is 343 g/mol. The van der Waals surface area contributed by atoms with E-state index >= 15 is 0 Å². The van der Waals surface area contributed by atoms with Crippen LogP contribution in [0.4, 0.5) is 0 Å². The lowest BCUT2D eigenvalue weighted by Gasteiger charge is -2.12. The minimum Gasteiger partial charge on any atom is -0.493 e. The second-order valence-corrected chi connectivity index (χ2v) is 4.66. The van der Waals surface area contributed by atoms with Crippen molar-refractivity contribution < 1.29 is 9.47 Å². The third kappa shape index (κ3) is 4.88. The number of hydrogen-bond donors (Lipinski definition) is 2. The molecule has 0 aliphatic carbocycles. The number of rotatable bonds is 6. The van der Waals surface area contributed by atoms with Gasteiger partial charge in [-0.3, -0.25) is 5.43 Å². The van der Waals surface area contributed by atoms with Gasteiger partial charge in [0.15, 0.2) is 16.6 Å². The van der Waals surface area contributed by atoms with E-state index in [1.165, 1.54) is 0 Å². The average molecular weight is 344 g/mol. The van der Waals surface area contributed by atoms with E-state index in [1.54, 1.807) is 25.5 Å². The van der Waals surface area contributed by atoms with Crippen LogP contribution in [0.2, 0.25) is 0 Å². The molecule has 0 heterocycles. The van der Waals surface area contributed by atoms with Gasteiger partial charge in [0.25, 0.3) is 0 Å². The highest BCUT2D eigenvalue weighted by atomic mass is 79.9. The van der Waals surface area contributed by atoms with Crippen LogP contribution >= 0.6 is 28.1 Å². The highest BCUT2D eigenvalue weighted by Crippen LogP contribution is 2.36. The number of hydrogen-bond acceptors (Lipinski definition) is 4. The minimum absolute atomic E-state index is 0.105. The minimum atomic E-state index is 0.105. The Hall–Kier alpha value is -1.60. The van der Waals surface area contributed by atoms with E-state index in [1.807, 2.05) is 6.07 Å². The van der Waals surface area contributed by atoms with Crippen molar-refractivity contribution in [2.45, 2.75) is 0 Å². The highest BCUT2D eigenvalue weighted by molar-refractivity contribution is 9.10. The lowest BCUT2D eigenvalue weighted by Crippen LogP contribution is -2.23. The summed E-state index contributed by atoms with van der Waals surface area (Å²) in [6.07, 6.45) is 3.23. The van der Waals surface area contributed by atoms with Crippen molar-refractivity contribution in [2.75, 3.05) is 13.7 Å². The van der Waals surface area contributed by atoms with Gasteiger partial charge in [0, 0.05) is 0 Å². The number of nitrogens with zero attached hydrogens (tertiary/aromatic N) is 1. The van der Waals surface area contributed by atoms with Crippen LogP contribution in [-0.2, 0) is 0 Å². The molecule has 0 aromatic heterocycles. The Labute approximate surface area is 125 Å². The van der Waals surface area contributed by atoms with Crippen molar-refractivity contribution in [3.8, 4) is 11.5 Å². The Kier molecular flexibility index (Phi) is 6.31. The Morgan fingerprint density at radius 3 is 2.95 bits per heavy atom. The van der Waals surface area contributed by atoms with Gasteiger partial charge in [-0.1, -0.05) is 12.7 Å². The summed E-state index contributed by atoms with van der Waals surface area (Å²) in [7, 11) is 1.57. The van der Waals surface area contributed by atoms with Gasteiger partial charge in [-0.25, -0.2) is 0 Å². The molecule has 0 unspecified atom stereocenters. The molecular weight excluding hydrogens is 330 g/mol. The zero-order chi connectivity index (χ0) is 14.3. The first-order chi connectivity index (χ1) is 9.08. The molecule has 0 spiro atoms. The highest BCUT2D eigenvalue weighted by Gasteiger charge is 2.10. The third-order valence-electron chi connectivity index (χ3n) is 1.99. The molecule has 0 saturated heterocycles.